The molecule has 2 heterocycles. The topological polar surface area (TPSA) is 67.0 Å². The maximum absolute atomic E-state index is 12.4. The Labute approximate surface area is 138 Å². The molecule has 1 amide bonds. The SMILES string of the molecule is COc1cccc(-c2[nH]ncc2C(=O)NCCc2cccs2)c1. The summed E-state index contributed by atoms with van der Waals surface area (Å²) in [5, 5.41) is 11.9. The van der Waals surface area contributed by atoms with E-state index in [0.29, 0.717) is 17.8 Å². The first kappa shape index (κ1) is 15.3. The molecule has 0 spiro atoms. The third kappa shape index (κ3) is 3.60. The van der Waals surface area contributed by atoms with Crippen LogP contribution in [0.1, 0.15) is 15.2 Å². The van der Waals surface area contributed by atoms with Gasteiger partial charge < -0.3 is 10.1 Å². The van der Waals surface area contributed by atoms with E-state index < -0.39 is 0 Å². The van der Waals surface area contributed by atoms with E-state index in [9.17, 15) is 4.79 Å². The predicted molar refractivity (Wildman–Crippen MR) is 90.9 cm³/mol. The maximum atomic E-state index is 12.4. The molecule has 0 atom stereocenters. The molecule has 2 aromatic heterocycles. The van der Waals surface area contributed by atoms with Gasteiger partial charge in [0, 0.05) is 17.0 Å². The molecule has 23 heavy (non-hydrogen) atoms. The molecule has 0 fully saturated rings. The van der Waals surface area contributed by atoms with E-state index in [0.717, 1.165) is 17.7 Å². The molecule has 0 saturated heterocycles. The largest absolute Gasteiger partial charge is 0.497 e. The number of hydrogen-bond donors (Lipinski definition) is 2. The number of thiophene rings is 1. The van der Waals surface area contributed by atoms with Gasteiger partial charge in [-0.15, -0.1) is 11.3 Å². The maximum Gasteiger partial charge on any atom is 0.255 e. The van der Waals surface area contributed by atoms with Gasteiger partial charge in [-0.3, -0.25) is 9.89 Å². The molecule has 3 aromatic rings. The van der Waals surface area contributed by atoms with Gasteiger partial charge in [-0.1, -0.05) is 18.2 Å². The highest BCUT2D eigenvalue weighted by atomic mass is 32.1. The van der Waals surface area contributed by atoms with Gasteiger partial charge in [0.05, 0.1) is 24.6 Å². The monoisotopic (exact) mass is 327 g/mol. The third-order valence-corrected chi connectivity index (χ3v) is 4.42. The van der Waals surface area contributed by atoms with Crippen LogP contribution in [0, 0.1) is 0 Å². The summed E-state index contributed by atoms with van der Waals surface area (Å²) < 4.78 is 5.23. The van der Waals surface area contributed by atoms with E-state index in [2.05, 4.69) is 21.6 Å². The Bertz CT molecular complexity index is 781. The first-order valence-electron chi connectivity index (χ1n) is 7.26. The van der Waals surface area contributed by atoms with Crippen LogP contribution in [0.3, 0.4) is 0 Å². The number of hydrogen-bond acceptors (Lipinski definition) is 4. The van der Waals surface area contributed by atoms with Crippen molar-refractivity contribution in [3.8, 4) is 17.0 Å². The molecule has 0 saturated carbocycles. The summed E-state index contributed by atoms with van der Waals surface area (Å²) in [6.07, 6.45) is 2.38. The Morgan fingerprint density at radius 1 is 1.35 bits per heavy atom. The fourth-order valence-electron chi connectivity index (χ4n) is 2.31. The van der Waals surface area contributed by atoms with Gasteiger partial charge in [-0.25, -0.2) is 0 Å². The highest BCUT2D eigenvalue weighted by Gasteiger charge is 2.15. The lowest BCUT2D eigenvalue weighted by molar-refractivity contribution is 0.0955. The quantitative estimate of drug-likeness (QED) is 0.731. The standard InChI is InChI=1S/C17H17N3O2S/c1-22-13-5-2-4-12(10-13)16-15(11-19-20-16)17(21)18-8-7-14-6-3-9-23-14/h2-6,9-11H,7-8H2,1H3,(H,18,21)(H,19,20). The molecule has 2 N–H and O–H groups in total. The molecule has 6 heteroatoms. The molecule has 0 unspecified atom stereocenters. The fourth-order valence-corrected chi connectivity index (χ4v) is 3.02. The number of aromatic nitrogens is 2. The van der Waals surface area contributed by atoms with E-state index in [-0.39, 0.29) is 5.91 Å². The van der Waals surface area contributed by atoms with Crippen molar-refractivity contribution < 1.29 is 9.53 Å². The smallest absolute Gasteiger partial charge is 0.255 e. The van der Waals surface area contributed by atoms with Crippen molar-refractivity contribution in [1.29, 1.82) is 0 Å². The Morgan fingerprint density at radius 3 is 3.04 bits per heavy atom. The number of benzene rings is 1. The highest BCUT2D eigenvalue weighted by Crippen LogP contribution is 2.24. The van der Waals surface area contributed by atoms with Crippen molar-refractivity contribution in [3.63, 3.8) is 0 Å². The number of nitrogens with one attached hydrogen (secondary N) is 2. The van der Waals surface area contributed by atoms with Gasteiger partial charge in [0.25, 0.3) is 5.91 Å². The number of carbonyl (C=O) groups excluding carboxylic acids is 1. The van der Waals surface area contributed by atoms with Crippen LogP contribution in [-0.2, 0) is 6.42 Å². The lowest BCUT2D eigenvalue weighted by Crippen LogP contribution is -2.25. The van der Waals surface area contributed by atoms with Gasteiger partial charge in [0.15, 0.2) is 0 Å². The summed E-state index contributed by atoms with van der Waals surface area (Å²) in [6.45, 7) is 0.599. The number of aromatic amines is 1. The highest BCUT2D eigenvalue weighted by molar-refractivity contribution is 7.09. The zero-order valence-electron chi connectivity index (χ0n) is 12.7. The number of rotatable bonds is 6. The Balaban J connectivity index is 1.70. The Kier molecular flexibility index (Phi) is 4.73. The second-order valence-corrected chi connectivity index (χ2v) is 6.01. The molecular weight excluding hydrogens is 310 g/mol. The third-order valence-electron chi connectivity index (χ3n) is 3.48. The van der Waals surface area contributed by atoms with E-state index in [1.165, 1.54) is 4.88 Å². The van der Waals surface area contributed by atoms with E-state index in [4.69, 9.17) is 4.74 Å². The van der Waals surface area contributed by atoms with Gasteiger partial charge in [-0.2, -0.15) is 5.10 Å². The van der Waals surface area contributed by atoms with Crippen LogP contribution in [-0.4, -0.2) is 29.8 Å². The van der Waals surface area contributed by atoms with E-state index >= 15 is 0 Å². The minimum atomic E-state index is -0.131. The number of nitrogens with zero attached hydrogens (tertiary/aromatic N) is 1. The van der Waals surface area contributed by atoms with Crippen LogP contribution >= 0.6 is 11.3 Å². The lowest BCUT2D eigenvalue weighted by Gasteiger charge is -2.06. The van der Waals surface area contributed by atoms with Crippen molar-refractivity contribution in [2.24, 2.45) is 0 Å². The van der Waals surface area contributed by atoms with Crippen molar-refractivity contribution in [1.82, 2.24) is 15.5 Å². The number of ether oxygens (including phenoxy) is 1. The summed E-state index contributed by atoms with van der Waals surface area (Å²) in [6, 6.07) is 11.6. The van der Waals surface area contributed by atoms with Crippen molar-refractivity contribution >= 4 is 17.2 Å². The van der Waals surface area contributed by atoms with Gasteiger partial charge in [0.2, 0.25) is 0 Å². The molecule has 0 radical (unpaired) electrons. The molecule has 5 nitrogen and oxygen atoms in total. The second-order valence-electron chi connectivity index (χ2n) is 4.98. The number of H-pyrrole nitrogens is 1. The number of amides is 1. The van der Waals surface area contributed by atoms with Crippen LogP contribution < -0.4 is 10.1 Å². The predicted octanol–water partition coefficient (Wildman–Crippen LogP) is 3.12. The first-order chi connectivity index (χ1) is 11.3. The van der Waals surface area contributed by atoms with Crippen molar-refractivity contribution in [2.75, 3.05) is 13.7 Å². The second kappa shape index (κ2) is 7.11. The summed E-state index contributed by atoms with van der Waals surface area (Å²) in [5.41, 5.74) is 2.09. The van der Waals surface area contributed by atoms with Gasteiger partial charge >= 0.3 is 0 Å². The number of carbonyl (C=O) groups is 1. The Hall–Kier alpha value is -2.60. The zero-order chi connectivity index (χ0) is 16.1. The summed E-state index contributed by atoms with van der Waals surface area (Å²) in [7, 11) is 1.62. The van der Waals surface area contributed by atoms with Crippen LogP contribution in [0.5, 0.6) is 5.75 Å². The molecule has 0 bridgehead atoms. The van der Waals surface area contributed by atoms with E-state index in [1.807, 2.05) is 35.7 Å². The molecular formula is C17H17N3O2S. The first-order valence-corrected chi connectivity index (χ1v) is 8.14. The minimum absolute atomic E-state index is 0.131. The Morgan fingerprint density at radius 2 is 2.26 bits per heavy atom. The average Bonchev–Trinajstić information content (AvgIpc) is 3.26. The average molecular weight is 327 g/mol. The molecule has 0 aliphatic carbocycles. The van der Waals surface area contributed by atoms with Crippen LogP contribution in [0.25, 0.3) is 11.3 Å². The van der Waals surface area contributed by atoms with Crippen LogP contribution in [0.15, 0.2) is 48.0 Å². The molecule has 118 valence electrons. The van der Waals surface area contributed by atoms with Crippen LogP contribution in [0.4, 0.5) is 0 Å². The minimum Gasteiger partial charge on any atom is -0.497 e. The number of methoxy groups -OCH3 is 1. The molecule has 0 aliphatic rings. The van der Waals surface area contributed by atoms with E-state index in [1.54, 1.807) is 24.6 Å². The van der Waals surface area contributed by atoms with Gasteiger partial charge in [0.1, 0.15) is 5.75 Å². The fraction of sp³-hybridized carbons (Fsp3) is 0.176. The van der Waals surface area contributed by atoms with Gasteiger partial charge in [-0.05, 0) is 30.0 Å². The van der Waals surface area contributed by atoms with Crippen LogP contribution in [0.2, 0.25) is 0 Å². The van der Waals surface area contributed by atoms with Crippen molar-refractivity contribution in [2.45, 2.75) is 6.42 Å². The zero-order valence-corrected chi connectivity index (χ0v) is 13.5. The lowest BCUT2D eigenvalue weighted by atomic mass is 10.1. The summed E-state index contributed by atoms with van der Waals surface area (Å²) in [4.78, 5) is 13.6. The van der Waals surface area contributed by atoms with Crippen molar-refractivity contribution in [3.05, 3.63) is 58.4 Å². The summed E-state index contributed by atoms with van der Waals surface area (Å²) >= 11 is 1.69. The normalized spacial score (nSPS) is 10.5. The molecule has 1 aromatic carbocycles. The molecule has 3 rings (SSSR count). The molecule has 0 aliphatic heterocycles. The summed E-state index contributed by atoms with van der Waals surface area (Å²) in [5.74, 6) is 0.606.